The van der Waals surface area contributed by atoms with E-state index in [0.29, 0.717) is 12.5 Å². The molecule has 0 fully saturated rings. The lowest BCUT2D eigenvalue weighted by atomic mass is 9.88. The molecule has 0 saturated heterocycles. The van der Waals surface area contributed by atoms with Gasteiger partial charge < -0.3 is 0 Å². The van der Waals surface area contributed by atoms with Crippen LogP contribution in [-0.4, -0.2) is 0 Å². The fraction of sp³-hybridized carbons (Fsp3) is 0.500. The van der Waals surface area contributed by atoms with Gasteiger partial charge in [0.1, 0.15) is 5.82 Å². The van der Waals surface area contributed by atoms with Crippen molar-refractivity contribution in [3.05, 3.63) is 35.1 Å². The van der Waals surface area contributed by atoms with Crippen LogP contribution < -0.4 is 0 Å². The highest BCUT2D eigenvalue weighted by atomic mass is 79.9. The van der Waals surface area contributed by atoms with Crippen LogP contribution in [0, 0.1) is 22.9 Å². The molecule has 90 valence electrons. The summed E-state index contributed by atoms with van der Waals surface area (Å²) in [5.74, 6) is -2.89. The summed E-state index contributed by atoms with van der Waals surface area (Å²) in [6, 6.07) is 1.50. The van der Waals surface area contributed by atoms with Crippen molar-refractivity contribution in [2.24, 2.45) is 5.41 Å². The number of benzene rings is 1. The van der Waals surface area contributed by atoms with Gasteiger partial charge in [-0.25, -0.2) is 13.2 Å². The van der Waals surface area contributed by atoms with E-state index in [0.717, 1.165) is 6.07 Å². The van der Waals surface area contributed by atoms with Gasteiger partial charge >= 0.3 is 0 Å². The average molecular weight is 295 g/mol. The van der Waals surface area contributed by atoms with Gasteiger partial charge in [-0.3, -0.25) is 0 Å². The number of rotatable bonds is 2. The molecule has 0 N–H and O–H groups in total. The molecule has 0 radical (unpaired) electrons. The van der Waals surface area contributed by atoms with Gasteiger partial charge in [-0.15, -0.1) is 0 Å². The maximum Gasteiger partial charge on any atom is 0.161 e. The van der Waals surface area contributed by atoms with Gasteiger partial charge in [0.25, 0.3) is 0 Å². The quantitative estimate of drug-likeness (QED) is 0.533. The number of hydrogen-bond donors (Lipinski definition) is 0. The van der Waals surface area contributed by atoms with Crippen LogP contribution in [0.15, 0.2) is 12.1 Å². The van der Waals surface area contributed by atoms with Crippen LogP contribution in [0.4, 0.5) is 13.2 Å². The molecule has 0 saturated carbocycles. The fourth-order valence-corrected chi connectivity index (χ4v) is 2.75. The molecule has 1 unspecified atom stereocenters. The van der Waals surface area contributed by atoms with E-state index in [9.17, 15) is 13.2 Å². The van der Waals surface area contributed by atoms with E-state index in [2.05, 4.69) is 15.9 Å². The summed E-state index contributed by atoms with van der Waals surface area (Å²) >= 11 is 3.30. The van der Waals surface area contributed by atoms with Crippen molar-refractivity contribution in [3.8, 4) is 0 Å². The Hall–Kier alpha value is -0.510. The van der Waals surface area contributed by atoms with Crippen molar-refractivity contribution in [1.29, 1.82) is 0 Å². The molecular formula is C12H14BrF3. The van der Waals surface area contributed by atoms with Crippen molar-refractivity contribution < 1.29 is 13.2 Å². The van der Waals surface area contributed by atoms with E-state index in [4.69, 9.17) is 0 Å². The predicted molar refractivity (Wildman–Crippen MR) is 62.1 cm³/mol. The number of halogens is 4. The Labute approximate surface area is 102 Å². The average Bonchev–Trinajstić information content (AvgIpc) is 2.08. The van der Waals surface area contributed by atoms with E-state index in [1.165, 1.54) is 0 Å². The van der Waals surface area contributed by atoms with Gasteiger partial charge in [0.2, 0.25) is 0 Å². The molecule has 1 atom stereocenters. The summed E-state index contributed by atoms with van der Waals surface area (Å²) in [6.07, 6.45) is 0.634. The number of hydrogen-bond acceptors (Lipinski definition) is 0. The van der Waals surface area contributed by atoms with Crippen molar-refractivity contribution in [1.82, 2.24) is 0 Å². The summed E-state index contributed by atoms with van der Waals surface area (Å²) < 4.78 is 39.1. The molecule has 1 aromatic rings. The van der Waals surface area contributed by atoms with Crippen LogP contribution in [0.5, 0.6) is 0 Å². The van der Waals surface area contributed by atoms with Crippen LogP contribution in [0.2, 0.25) is 0 Å². The molecule has 1 aromatic carbocycles. The summed E-state index contributed by atoms with van der Waals surface area (Å²) in [7, 11) is 0. The monoisotopic (exact) mass is 294 g/mol. The van der Waals surface area contributed by atoms with E-state index in [1.54, 1.807) is 0 Å². The smallest absolute Gasteiger partial charge is 0.161 e. The SMILES string of the molecule is CC(C)(C)CC(Br)c1cc(F)c(F)cc1F. The molecule has 0 aliphatic heterocycles. The van der Waals surface area contributed by atoms with E-state index < -0.39 is 17.5 Å². The summed E-state index contributed by atoms with van der Waals surface area (Å²) in [5.41, 5.74) is 0.139. The van der Waals surface area contributed by atoms with Gasteiger partial charge in [0.15, 0.2) is 11.6 Å². The molecule has 16 heavy (non-hydrogen) atoms. The first-order chi connectivity index (χ1) is 7.20. The molecule has 0 amide bonds. The van der Waals surface area contributed by atoms with Gasteiger partial charge in [0, 0.05) is 16.5 Å². The molecule has 0 aromatic heterocycles. The van der Waals surface area contributed by atoms with Crippen LogP contribution in [0.3, 0.4) is 0 Å². The summed E-state index contributed by atoms with van der Waals surface area (Å²) in [6.45, 7) is 6.00. The Bertz CT molecular complexity index is 383. The Morgan fingerprint density at radius 2 is 1.56 bits per heavy atom. The van der Waals surface area contributed by atoms with Crippen LogP contribution in [-0.2, 0) is 0 Å². The molecule has 0 nitrogen and oxygen atoms in total. The lowest BCUT2D eigenvalue weighted by Crippen LogP contribution is -2.10. The standard InChI is InChI=1S/C12H14BrF3/c1-12(2,3)6-8(13)7-4-10(15)11(16)5-9(7)14/h4-5,8H,6H2,1-3H3. The Morgan fingerprint density at radius 1 is 1.06 bits per heavy atom. The maximum absolute atomic E-state index is 13.4. The molecule has 0 heterocycles. The normalized spacial score (nSPS) is 13.9. The number of alkyl halides is 1. The second-order valence-corrected chi connectivity index (χ2v) is 6.13. The minimum atomic E-state index is -1.16. The lowest BCUT2D eigenvalue weighted by Gasteiger charge is -2.22. The van der Waals surface area contributed by atoms with Gasteiger partial charge in [0.05, 0.1) is 0 Å². The fourth-order valence-electron chi connectivity index (χ4n) is 1.43. The largest absolute Gasteiger partial charge is 0.207 e. The first-order valence-corrected chi connectivity index (χ1v) is 5.91. The molecular weight excluding hydrogens is 281 g/mol. The maximum atomic E-state index is 13.4. The van der Waals surface area contributed by atoms with Crippen LogP contribution in [0.1, 0.15) is 37.6 Å². The second kappa shape index (κ2) is 4.78. The zero-order valence-corrected chi connectivity index (χ0v) is 11.0. The highest BCUT2D eigenvalue weighted by Gasteiger charge is 2.22. The van der Waals surface area contributed by atoms with Gasteiger partial charge in [-0.05, 0) is 17.9 Å². The van der Waals surface area contributed by atoms with E-state index >= 15 is 0 Å². The minimum absolute atomic E-state index is 0.0224. The third-order valence-corrected chi connectivity index (χ3v) is 2.99. The zero-order chi connectivity index (χ0) is 12.5. The van der Waals surface area contributed by atoms with Crippen molar-refractivity contribution >= 4 is 15.9 Å². The molecule has 4 heteroatoms. The predicted octanol–water partition coefficient (Wildman–Crippen LogP) is 4.98. The summed E-state index contributed by atoms with van der Waals surface area (Å²) in [5, 5.41) is 0. The third-order valence-electron chi connectivity index (χ3n) is 2.17. The lowest BCUT2D eigenvalue weighted by molar-refractivity contribution is 0.372. The molecule has 0 aliphatic rings. The highest BCUT2D eigenvalue weighted by molar-refractivity contribution is 9.09. The van der Waals surface area contributed by atoms with E-state index in [1.807, 2.05) is 20.8 Å². The summed E-state index contributed by atoms with van der Waals surface area (Å²) in [4.78, 5) is -0.317. The Balaban J connectivity index is 3.00. The molecule has 1 rings (SSSR count). The minimum Gasteiger partial charge on any atom is -0.207 e. The van der Waals surface area contributed by atoms with Crippen molar-refractivity contribution in [3.63, 3.8) is 0 Å². The Morgan fingerprint density at radius 3 is 2.06 bits per heavy atom. The van der Waals surface area contributed by atoms with Crippen molar-refractivity contribution in [2.45, 2.75) is 32.0 Å². The highest BCUT2D eigenvalue weighted by Crippen LogP contribution is 2.37. The van der Waals surface area contributed by atoms with Crippen LogP contribution >= 0.6 is 15.9 Å². The first kappa shape index (κ1) is 13.6. The Kier molecular flexibility index (Phi) is 4.05. The van der Waals surface area contributed by atoms with Gasteiger partial charge in [-0.1, -0.05) is 36.7 Å². The third kappa shape index (κ3) is 3.51. The molecule has 0 spiro atoms. The van der Waals surface area contributed by atoms with Gasteiger partial charge in [-0.2, -0.15) is 0 Å². The second-order valence-electron chi connectivity index (χ2n) is 5.02. The first-order valence-electron chi connectivity index (χ1n) is 4.99. The van der Waals surface area contributed by atoms with E-state index in [-0.39, 0.29) is 15.8 Å². The zero-order valence-electron chi connectivity index (χ0n) is 9.45. The van der Waals surface area contributed by atoms with Crippen LogP contribution in [0.25, 0.3) is 0 Å². The topological polar surface area (TPSA) is 0 Å². The molecule has 0 aliphatic carbocycles. The van der Waals surface area contributed by atoms with Crippen molar-refractivity contribution in [2.75, 3.05) is 0 Å². The molecule has 0 bridgehead atoms.